The van der Waals surface area contributed by atoms with Gasteiger partial charge < -0.3 is 18.8 Å². The van der Waals surface area contributed by atoms with Crippen LogP contribution in [-0.4, -0.2) is 43.7 Å². The lowest BCUT2D eigenvalue weighted by atomic mass is 10.2. The van der Waals surface area contributed by atoms with Crippen molar-refractivity contribution in [1.82, 2.24) is 24.5 Å². The number of aromatic nitrogens is 5. The van der Waals surface area contributed by atoms with E-state index in [0.717, 1.165) is 22.4 Å². The lowest BCUT2D eigenvalue weighted by Crippen LogP contribution is -2.13. The van der Waals surface area contributed by atoms with Gasteiger partial charge in [-0.05, 0) is 31.2 Å². The molecular formula is C22H19Cl2N5O4. The standard InChI is InChI=1S/C22H19Cl2N5O4/c1-2-31-21(30)11-28-10-13(26-27-28)12-33-14-3-4-15-20(7-14)32-6-5-29-19-9-17(24)16(23)8-18(19)25-22(15)29/h3-4,7-10H,2,5-6,11-12H2,1H3. The van der Waals surface area contributed by atoms with E-state index in [0.29, 0.717) is 47.0 Å². The van der Waals surface area contributed by atoms with Crippen molar-refractivity contribution in [3.8, 4) is 22.9 Å². The molecule has 3 heterocycles. The number of ether oxygens (including phenoxy) is 3. The Morgan fingerprint density at radius 3 is 2.91 bits per heavy atom. The van der Waals surface area contributed by atoms with E-state index >= 15 is 0 Å². The van der Waals surface area contributed by atoms with Crippen LogP contribution < -0.4 is 9.47 Å². The molecular weight excluding hydrogens is 469 g/mol. The molecule has 9 nitrogen and oxygen atoms in total. The van der Waals surface area contributed by atoms with E-state index in [9.17, 15) is 4.79 Å². The van der Waals surface area contributed by atoms with Crippen LogP contribution in [0.4, 0.5) is 0 Å². The van der Waals surface area contributed by atoms with Gasteiger partial charge in [-0.1, -0.05) is 28.4 Å². The van der Waals surface area contributed by atoms with Crippen LogP contribution in [0.5, 0.6) is 11.5 Å². The highest BCUT2D eigenvalue weighted by Gasteiger charge is 2.21. The van der Waals surface area contributed by atoms with Crippen LogP contribution in [0.15, 0.2) is 36.5 Å². The molecule has 2 aromatic heterocycles. The van der Waals surface area contributed by atoms with Gasteiger partial charge in [-0.25, -0.2) is 9.67 Å². The maximum absolute atomic E-state index is 11.6. The van der Waals surface area contributed by atoms with Crippen molar-refractivity contribution in [2.24, 2.45) is 0 Å². The molecule has 0 N–H and O–H groups in total. The van der Waals surface area contributed by atoms with E-state index in [2.05, 4.69) is 14.9 Å². The molecule has 4 aromatic rings. The van der Waals surface area contributed by atoms with Crippen LogP contribution in [0.1, 0.15) is 12.6 Å². The predicted molar refractivity (Wildman–Crippen MR) is 122 cm³/mol. The Hall–Kier alpha value is -3.30. The van der Waals surface area contributed by atoms with E-state index < -0.39 is 0 Å². The molecule has 0 radical (unpaired) electrons. The normalized spacial score (nSPS) is 12.6. The van der Waals surface area contributed by atoms with Crippen molar-refractivity contribution in [2.75, 3.05) is 13.2 Å². The minimum atomic E-state index is -0.367. The first-order valence-electron chi connectivity index (χ1n) is 10.3. The average molecular weight is 488 g/mol. The van der Waals surface area contributed by atoms with Gasteiger partial charge in [-0.3, -0.25) is 4.79 Å². The summed E-state index contributed by atoms with van der Waals surface area (Å²) in [7, 11) is 0. The molecule has 2 aromatic carbocycles. The van der Waals surface area contributed by atoms with Gasteiger partial charge in [0, 0.05) is 6.07 Å². The second-order valence-corrected chi connectivity index (χ2v) is 8.16. The largest absolute Gasteiger partial charge is 0.491 e. The second-order valence-electron chi connectivity index (χ2n) is 7.35. The Morgan fingerprint density at radius 1 is 1.21 bits per heavy atom. The van der Waals surface area contributed by atoms with Gasteiger partial charge in [0.15, 0.2) is 0 Å². The van der Waals surface area contributed by atoms with Crippen LogP contribution in [0, 0.1) is 0 Å². The summed E-state index contributed by atoms with van der Waals surface area (Å²) < 4.78 is 20.2. The Bertz CT molecular complexity index is 1350. The fourth-order valence-corrected chi connectivity index (χ4v) is 3.99. The van der Waals surface area contributed by atoms with Crippen LogP contribution in [-0.2, 0) is 29.2 Å². The maximum atomic E-state index is 11.6. The minimum Gasteiger partial charge on any atom is -0.491 e. The number of halogens is 2. The van der Waals surface area contributed by atoms with Crippen molar-refractivity contribution in [3.05, 3.63) is 52.3 Å². The first-order valence-corrected chi connectivity index (χ1v) is 11.1. The van der Waals surface area contributed by atoms with Crippen LogP contribution >= 0.6 is 23.2 Å². The Kier molecular flexibility index (Phi) is 5.82. The van der Waals surface area contributed by atoms with Gasteiger partial charge in [-0.15, -0.1) is 5.10 Å². The fraction of sp³-hybridized carbons (Fsp3) is 0.273. The minimum absolute atomic E-state index is 0.00491. The number of nitrogens with zero attached hydrogens (tertiary/aromatic N) is 5. The molecule has 170 valence electrons. The highest BCUT2D eigenvalue weighted by atomic mass is 35.5. The second kappa shape index (κ2) is 8.92. The molecule has 33 heavy (non-hydrogen) atoms. The molecule has 0 amide bonds. The number of carbonyl (C=O) groups is 1. The zero-order valence-electron chi connectivity index (χ0n) is 17.6. The highest BCUT2D eigenvalue weighted by molar-refractivity contribution is 6.42. The van der Waals surface area contributed by atoms with Gasteiger partial charge in [-0.2, -0.15) is 0 Å². The lowest BCUT2D eigenvalue weighted by Gasteiger charge is -2.09. The van der Waals surface area contributed by atoms with Crippen LogP contribution in [0.3, 0.4) is 0 Å². The number of hydrogen-bond donors (Lipinski definition) is 0. The zero-order valence-corrected chi connectivity index (χ0v) is 19.1. The SMILES string of the molecule is CCOC(=O)Cn1cc(COc2ccc3c(c2)OCCn2c-3nc3cc(Cl)c(Cl)cc32)nn1. The van der Waals surface area contributed by atoms with Crippen molar-refractivity contribution < 1.29 is 19.0 Å². The number of imidazole rings is 1. The fourth-order valence-electron chi connectivity index (χ4n) is 3.67. The summed E-state index contributed by atoms with van der Waals surface area (Å²) in [4.78, 5) is 16.3. The molecule has 0 atom stereocenters. The molecule has 0 saturated carbocycles. The Labute approximate surface area is 198 Å². The van der Waals surface area contributed by atoms with E-state index in [1.165, 1.54) is 4.68 Å². The van der Waals surface area contributed by atoms with E-state index in [4.69, 9.17) is 42.4 Å². The molecule has 0 spiro atoms. The first-order chi connectivity index (χ1) is 16.0. The highest BCUT2D eigenvalue weighted by Crippen LogP contribution is 2.38. The summed E-state index contributed by atoms with van der Waals surface area (Å²) >= 11 is 12.4. The summed E-state index contributed by atoms with van der Waals surface area (Å²) in [6.45, 7) is 3.36. The third-order valence-corrected chi connectivity index (χ3v) is 5.85. The predicted octanol–water partition coefficient (Wildman–Crippen LogP) is 4.14. The summed E-state index contributed by atoms with van der Waals surface area (Å²) in [5.74, 6) is 1.70. The molecule has 5 rings (SSSR count). The first kappa shape index (κ1) is 21.5. The Balaban J connectivity index is 1.35. The maximum Gasteiger partial charge on any atom is 0.327 e. The summed E-state index contributed by atoms with van der Waals surface area (Å²) in [6, 6.07) is 9.18. The average Bonchev–Trinajstić information content (AvgIpc) is 3.32. The number of fused-ring (bicyclic) bond motifs is 5. The quantitative estimate of drug-likeness (QED) is 0.377. The monoisotopic (exact) mass is 487 g/mol. The summed E-state index contributed by atoms with van der Waals surface area (Å²) in [6.07, 6.45) is 1.65. The van der Waals surface area contributed by atoms with E-state index in [1.54, 1.807) is 19.2 Å². The van der Waals surface area contributed by atoms with Gasteiger partial charge in [0.2, 0.25) is 0 Å². The summed E-state index contributed by atoms with van der Waals surface area (Å²) in [5, 5.41) is 8.91. The molecule has 1 aliphatic heterocycles. The smallest absolute Gasteiger partial charge is 0.327 e. The van der Waals surface area contributed by atoms with Crippen molar-refractivity contribution in [3.63, 3.8) is 0 Å². The topological polar surface area (TPSA) is 93.3 Å². The lowest BCUT2D eigenvalue weighted by molar-refractivity contribution is -0.144. The Morgan fingerprint density at radius 2 is 2.06 bits per heavy atom. The van der Waals surface area contributed by atoms with Gasteiger partial charge in [0.05, 0.1) is 46.0 Å². The number of hydrogen-bond acceptors (Lipinski definition) is 7. The molecule has 1 aliphatic rings. The van der Waals surface area contributed by atoms with Crippen molar-refractivity contribution in [1.29, 1.82) is 0 Å². The summed E-state index contributed by atoms with van der Waals surface area (Å²) in [5.41, 5.74) is 3.12. The number of carbonyl (C=O) groups excluding carboxylic acids is 1. The van der Waals surface area contributed by atoms with E-state index in [1.807, 2.05) is 24.3 Å². The number of benzene rings is 2. The molecule has 0 fully saturated rings. The zero-order chi connectivity index (χ0) is 22.9. The number of rotatable bonds is 6. The molecule has 0 saturated heterocycles. The molecule has 11 heteroatoms. The molecule has 0 aliphatic carbocycles. The van der Waals surface area contributed by atoms with Crippen LogP contribution in [0.25, 0.3) is 22.4 Å². The van der Waals surface area contributed by atoms with Crippen LogP contribution in [0.2, 0.25) is 10.0 Å². The number of esters is 1. The van der Waals surface area contributed by atoms with Gasteiger partial charge in [0.1, 0.15) is 42.8 Å². The molecule has 0 unspecified atom stereocenters. The van der Waals surface area contributed by atoms with Crippen molar-refractivity contribution in [2.45, 2.75) is 26.6 Å². The third-order valence-electron chi connectivity index (χ3n) is 5.13. The third kappa shape index (κ3) is 4.34. The molecule has 0 bridgehead atoms. The van der Waals surface area contributed by atoms with Gasteiger partial charge in [0.25, 0.3) is 0 Å². The van der Waals surface area contributed by atoms with Gasteiger partial charge >= 0.3 is 5.97 Å². The van der Waals surface area contributed by atoms with E-state index in [-0.39, 0.29) is 19.1 Å². The van der Waals surface area contributed by atoms with Crippen molar-refractivity contribution >= 4 is 40.2 Å².